The van der Waals surface area contributed by atoms with Gasteiger partial charge in [-0.2, -0.15) is 0 Å². The third-order valence-corrected chi connectivity index (χ3v) is 5.06. The maximum absolute atomic E-state index is 3.50. The summed E-state index contributed by atoms with van der Waals surface area (Å²) in [7, 11) is 2.13. The Balaban J connectivity index is 1.52. The van der Waals surface area contributed by atoms with E-state index in [4.69, 9.17) is 0 Å². The lowest BCUT2D eigenvalue weighted by Crippen LogP contribution is -2.35. The van der Waals surface area contributed by atoms with Gasteiger partial charge in [0.05, 0.1) is 0 Å². The maximum atomic E-state index is 3.50. The first-order chi connectivity index (χ1) is 9.36. The molecule has 2 nitrogen and oxygen atoms in total. The highest BCUT2D eigenvalue weighted by Crippen LogP contribution is 2.29. The number of nitrogens with zero attached hydrogens (tertiary/aromatic N) is 1. The zero-order valence-corrected chi connectivity index (χ0v) is 12.1. The lowest BCUT2D eigenvalue weighted by molar-refractivity contribution is 0.226. The highest BCUT2D eigenvalue weighted by atomic mass is 15.1. The van der Waals surface area contributed by atoms with Crippen LogP contribution in [-0.2, 0) is 13.0 Å². The first-order valence-corrected chi connectivity index (χ1v) is 7.83. The van der Waals surface area contributed by atoms with Crippen molar-refractivity contribution < 1.29 is 0 Å². The van der Waals surface area contributed by atoms with Gasteiger partial charge >= 0.3 is 0 Å². The van der Waals surface area contributed by atoms with E-state index in [1.165, 1.54) is 45.2 Å². The molecule has 0 bridgehead atoms. The van der Waals surface area contributed by atoms with Crippen molar-refractivity contribution in [3.8, 4) is 0 Å². The SMILES string of the molecule is CNC1CCCC1CCN1CCc2ccccc2C1. The van der Waals surface area contributed by atoms with E-state index in [0.717, 1.165) is 18.5 Å². The van der Waals surface area contributed by atoms with Crippen LogP contribution in [0.4, 0.5) is 0 Å². The van der Waals surface area contributed by atoms with Gasteiger partial charge in [0.15, 0.2) is 0 Å². The molecule has 1 aromatic rings. The zero-order valence-electron chi connectivity index (χ0n) is 12.1. The molecule has 2 heteroatoms. The van der Waals surface area contributed by atoms with E-state index >= 15 is 0 Å². The Morgan fingerprint density at radius 3 is 2.89 bits per heavy atom. The fraction of sp³-hybridized carbons (Fsp3) is 0.647. The second-order valence-electron chi connectivity index (χ2n) is 6.17. The second kappa shape index (κ2) is 6.06. The summed E-state index contributed by atoms with van der Waals surface area (Å²) in [5, 5.41) is 3.50. The molecule has 1 heterocycles. The van der Waals surface area contributed by atoms with Crippen molar-refractivity contribution >= 4 is 0 Å². The summed E-state index contributed by atoms with van der Waals surface area (Å²) in [5.74, 6) is 0.905. The molecule has 0 radical (unpaired) electrons. The van der Waals surface area contributed by atoms with Crippen molar-refractivity contribution in [2.75, 3.05) is 20.1 Å². The number of benzene rings is 1. The minimum atomic E-state index is 0.775. The van der Waals surface area contributed by atoms with Crippen molar-refractivity contribution in [2.45, 2.75) is 44.7 Å². The Labute approximate surface area is 117 Å². The van der Waals surface area contributed by atoms with Gasteiger partial charge in [-0.3, -0.25) is 4.90 Å². The minimum absolute atomic E-state index is 0.775. The Kier molecular flexibility index (Phi) is 4.19. The van der Waals surface area contributed by atoms with Crippen LogP contribution < -0.4 is 5.32 Å². The maximum Gasteiger partial charge on any atom is 0.0236 e. The van der Waals surface area contributed by atoms with Crippen molar-refractivity contribution in [3.05, 3.63) is 35.4 Å². The summed E-state index contributed by atoms with van der Waals surface area (Å²) >= 11 is 0. The molecule has 0 amide bonds. The standard InChI is InChI=1S/C17H26N2/c1-18-17-8-4-7-15(17)10-12-19-11-9-14-5-2-3-6-16(14)13-19/h2-3,5-6,15,17-18H,4,7-13H2,1H3. The molecule has 2 atom stereocenters. The molecule has 1 aliphatic heterocycles. The molecule has 2 unspecified atom stereocenters. The lowest BCUT2D eigenvalue weighted by Gasteiger charge is -2.30. The van der Waals surface area contributed by atoms with Crippen LogP contribution in [0.1, 0.15) is 36.8 Å². The minimum Gasteiger partial charge on any atom is -0.317 e. The average molecular weight is 258 g/mol. The van der Waals surface area contributed by atoms with Gasteiger partial charge in [0.25, 0.3) is 0 Å². The van der Waals surface area contributed by atoms with Gasteiger partial charge in [0.1, 0.15) is 0 Å². The van der Waals surface area contributed by atoms with Crippen LogP contribution in [0.15, 0.2) is 24.3 Å². The molecule has 1 aliphatic carbocycles. The molecule has 3 rings (SSSR count). The van der Waals surface area contributed by atoms with Gasteiger partial charge in [-0.25, -0.2) is 0 Å². The number of rotatable bonds is 4. The van der Waals surface area contributed by atoms with Crippen LogP contribution >= 0.6 is 0 Å². The van der Waals surface area contributed by atoms with E-state index in [-0.39, 0.29) is 0 Å². The van der Waals surface area contributed by atoms with Crippen LogP contribution in [0.5, 0.6) is 0 Å². The van der Waals surface area contributed by atoms with Gasteiger partial charge in [0.2, 0.25) is 0 Å². The largest absolute Gasteiger partial charge is 0.317 e. The molecule has 1 aromatic carbocycles. The Morgan fingerprint density at radius 1 is 1.21 bits per heavy atom. The fourth-order valence-electron chi connectivity index (χ4n) is 3.86. The van der Waals surface area contributed by atoms with Gasteiger partial charge in [0, 0.05) is 19.1 Å². The predicted molar refractivity (Wildman–Crippen MR) is 80.2 cm³/mol. The number of nitrogens with one attached hydrogen (secondary N) is 1. The summed E-state index contributed by atoms with van der Waals surface area (Å²) in [4.78, 5) is 2.65. The van der Waals surface area contributed by atoms with Crippen molar-refractivity contribution in [3.63, 3.8) is 0 Å². The molecule has 1 fully saturated rings. The van der Waals surface area contributed by atoms with Crippen LogP contribution in [0.2, 0.25) is 0 Å². The lowest BCUT2D eigenvalue weighted by atomic mass is 9.97. The summed E-state index contributed by atoms with van der Waals surface area (Å²) in [6.45, 7) is 3.68. The summed E-state index contributed by atoms with van der Waals surface area (Å²) in [5.41, 5.74) is 3.11. The highest BCUT2D eigenvalue weighted by molar-refractivity contribution is 5.28. The number of fused-ring (bicyclic) bond motifs is 1. The quantitative estimate of drug-likeness (QED) is 0.893. The van der Waals surface area contributed by atoms with Crippen LogP contribution in [0, 0.1) is 5.92 Å². The molecule has 19 heavy (non-hydrogen) atoms. The number of hydrogen-bond donors (Lipinski definition) is 1. The smallest absolute Gasteiger partial charge is 0.0236 e. The molecule has 0 spiro atoms. The van der Waals surface area contributed by atoms with E-state index in [9.17, 15) is 0 Å². The summed E-state index contributed by atoms with van der Waals surface area (Å²) in [6.07, 6.45) is 6.82. The van der Waals surface area contributed by atoms with Crippen molar-refractivity contribution in [2.24, 2.45) is 5.92 Å². The number of hydrogen-bond acceptors (Lipinski definition) is 2. The predicted octanol–water partition coefficient (Wildman–Crippen LogP) is 2.82. The molecule has 104 valence electrons. The molecule has 1 N–H and O–H groups in total. The second-order valence-corrected chi connectivity index (χ2v) is 6.17. The van der Waals surface area contributed by atoms with Crippen molar-refractivity contribution in [1.29, 1.82) is 0 Å². The van der Waals surface area contributed by atoms with Crippen LogP contribution in [0.3, 0.4) is 0 Å². The van der Waals surface area contributed by atoms with Gasteiger partial charge < -0.3 is 5.32 Å². The molecular weight excluding hydrogens is 232 g/mol. The van der Waals surface area contributed by atoms with Gasteiger partial charge in [-0.1, -0.05) is 30.7 Å². The van der Waals surface area contributed by atoms with Gasteiger partial charge in [-0.05, 0) is 56.3 Å². The topological polar surface area (TPSA) is 15.3 Å². The van der Waals surface area contributed by atoms with E-state index < -0.39 is 0 Å². The third kappa shape index (κ3) is 3.01. The van der Waals surface area contributed by atoms with E-state index in [1.807, 2.05) is 0 Å². The summed E-state index contributed by atoms with van der Waals surface area (Å²) in [6, 6.07) is 9.71. The Bertz CT molecular complexity index is 415. The molecule has 2 aliphatic rings. The monoisotopic (exact) mass is 258 g/mol. The van der Waals surface area contributed by atoms with E-state index in [0.29, 0.717) is 0 Å². The Morgan fingerprint density at radius 2 is 2.05 bits per heavy atom. The van der Waals surface area contributed by atoms with Gasteiger partial charge in [-0.15, -0.1) is 0 Å². The van der Waals surface area contributed by atoms with Crippen LogP contribution in [-0.4, -0.2) is 31.1 Å². The Hall–Kier alpha value is -0.860. The molecule has 1 saturated carbocycles. The third-order valence-electron chi connectivity index (χ3n) is 5.06. The average Bonchev–Trinajstić information content (AvgIpc) is 2.92. The highest BCUT2D eigenvalue weighted by Gasteiger charge is 2.26. The van der Waals surface area contributed by atoms with E-state index in [2.05, 4.69) is 41.5 Å². The van der Waals surface area contributed by atoms with Crippen LogP contribution in [0.25, 0.3) is 0 Å². The molecular formula is C17H26N2. The molecule has 0 saturated heterocycles. The normalized spacial score (nSPS) is 27.4. The molecule has 0 aromatic heterocycles. The zero-order chi connectivity index (χ0) is 13.1. The van der Waals surface area contributed by atoms with Crippen molar-refractivity contribution in [1.82, 2.24) is 10.2 Å². The fourth-order valence-corrected chi connectivity index (χ4v) is 3.86. The van der Waals surface area contributed by atoms with E-state index in [1.54, 1.807) is 11.1 Å². The first kappa shape index (κ1) is 13.1. The summed E-state index contributed by atoms with van der Waals surface area (Å²) < 4.78 is 0. The first-order valence-electron chi connectivity index (χ1n) is 7.83.